The molecule has 0 amide bonds. The van der Waals surface area contributed by atoms with Gasteiger partial charge in [-0.1, -0.05) is 0 Å². The van der Waals surface area contributed by atoms with Crippen molar-refractivity contribution in [2.45, 2.75) is 18.6 Å². The Kier molecular flexibility index (Phi) is 3.27. The van der Waals surface area contributed by atoms with Crippen molar-refractivity contribution in [3.05, 3.63) is 18.1 Å². The Morgan fingerprint density at radius 3 is 3.25 bits per heavy atom. The molecule has 2 atom stereocenters. The fourth-order valence-electron chi connectivity index (χ4n) is 1.67. The Hall–Kier alpha value is -1.74. The van der Waals surface area contributed by atoms with E-state index in [0.29, 0.717) is 18.8 Å². The molecule has 1 aromatic heterocycles. The van der Waals surface area contributed by atoms with Crippen molar-refractivity contribution in [1.82, 2.24) is 15.3 Å². The van der Waals surface area contributed by atoms with Gasteiger partial charge in [0, 0.05) is 12.7 Å². The van der Waals surface area contributed by atoms with E-state index in [1.807, 2.05) is 6.07 Å². The zero-order valence-corrected chi connectivity index (χ0v) is 8.65. The first kappa shape index (κ1) is 10.8. The van der Waals surface area contributed by atoms with Crippen LogP contribution in [0.5, 0.6) is 0 Å². The molecular weight excluding hydrogens is 209 g/mol. The van der Waals surface area contributed by atoms with Gasteiger partial charge in [0.05, 0.1) is 6.04 Å². The Morgan fingerprint density at radius 1 is 1.62 bits per heavy atom. The minimum atomic E-state index is -0.936. The molecule has 0 bridgehead atoms. The van der Waals surface area contributed by atoms with Crippen LogP contribution in [0.25, 0.3) is 0 Å². The van der Waals surface area contributed by atoms with Crippen LogP contribution in [0.15, 0.2) is 12.3 Å². The maximum absolute atomic E-state index is 13.5. The maximum atomic E-state index is 13.5. The molecule has 6 heteroatoms. The van der Waals surface area contributed by atoms with E-state index in [0.717, 1.165) is 6.54 Å². The Bertz CT molecular complexity index is 402. The van der Waals surface area contributed by atoms with Crippen molar-refractivity contribution >= 4 is 5.82 Å². The molecule has 1 unspecified atom stereocenters. The molecule has 1 aliphatic rings. The number of hydrogen-bond acceptors (Lipinski definition) is 5. The monoisotopic (exact) mass is 221 g/mol. The smallest absolute Gasteiger partial charge is 0.234 e. The molecule has 0 saturated carbocycles. The van der Waals surface area contributed by atoms with Crippen molar-refractivity contribution in [1.29, 1.82) is 5.26 Å². The number of halogens is 1. The summed E-state index contributed by atoms with van der Waals surface area (Å²) in [6.07, 6.45) is 1.25. The Labute approximate surface area is 92.7 Å². The molecule has 1 aliphatic heterocycles. The SMILES string of the molecule is N#Cc1nccc(NC2CCNC[C@@H]2F)n1. The van der Waals surface area contributed by atoms with Crippen LogP contribution in [0.2, 0.25) is 0 Å². The lowest BCUT2D eigenvalue weighted by molar-refractivity contribution is 0.244. The second-order valence-electron chi connectivity index (χ2n) is 3.64. The molecule has 84 valence electrons. The molecule has 2 N–H and O–H groups in total. The summed E-state index contributed by atoms with van der Waals surface area (Å²) in [6, 6.07) is 3.23. The molecule has 0 spiro atoms. The third-order valence-electron chi connectivity index (χ3n) is 2.50. The highest BCUT2D eigenvalue weighted by atomic mass is 19.1. The molecule has 1 saturated heterocycles. The zero-order chi connectivity index (χ0) is 11.4. The Morgan fingerprint density at radius 2 is 2.50 bits per heavy atom. The molecule has 5 nitrogen and oxygen atoms in total. The summed E-state index contributed by atoms with van der Waals surface area (Å²) in [5.41, 5.74) is 0. The number of hydrogen-bond donors (Lipinski definition) is 2. The van der Waals surface area contributed by atoms with Crippen LogP contribution in [0, 0.1) is 11.3 Å². The van der Waals surface area contributed by atoms with Gasteiger partial charge in [-0.3, -0.25) is 0 Å². The number of nitrogens with one attached hydrogen (secondary N) is 2. The minimum absolute atomic E-state index is 0.0920. The second-order valence-corrected chi connectivity index (χ2v) is 3.64. The molecule has 16 heavy (non-hydrogen) atoms. The molecule has 1 aromatic rings. The summed E-state index contributed by atoms with van der Waals surface area (Å²) in [5, 5.41) is 14.6. The van der Waals surface area contributed by atoms with E-state index in [2.05, 4.69) is 20.6 Å². The van der Waals surface area contributed by atoms with E-state index >= 15 is 0 Å². The first-order valence-electron chi connectivity index (χ1n) is 5.14. The van der Waals surface area contributed by atoms with Crippen molar-refractivity contribution < 1.29 is 4.39 Å². The van der Waals surface area contributed by atoms with E-state index in [1.165, 1.54) is 6.20 Å². The minimum Gasteiger partial charge on any atom is -0.364 e. The average Bonchev–Trinajstić information content (AvgIpc) is 2.32. The highest BCUT2D eigenvalue weighted by molar-refractivity contribution is 5.36. The van der Waals surface area contributed by atoms with Crippen LogP contribution in [-0.4, -0.2) is 35.3 Å². The highest BCUT2D eigenvalue weighted by Crippen LogP contribution is 2.13. The largest absolute Gasteiger partial charge is 0.364 e. The van der Waals surface area contributed by atoms with Crippen LogP contribution in [0.1, 0.15) is 12.2 Å². The lowest BCUT2D eigenvalue weighted by Crippen LogP contribution is -2.45. The van der Waals surface area contributed by atoms with Crippen LogP contribution < -0.4 is 10.6 Å². The third kappa shape index (κ3) is 2.44. The van der Waals surface area contributed by atoms with E-state index in [9.17, 15) is 4.39 Å². The van der Waals surface area contributed by atoms with Gasteiger partial charge in [-0.25, -0.2) is 14.4 Å². The van der Waals surface area contributed by atoms with Crippen LogP contribution >= 0.6 is 0 Å². The highest BCUT2D eigenvalue weighted by Gasteiger charge is 2.24. The van der Waals surface area contributed by atoms with Gasteiger partial charge in [0.15, 0.2) is 0 Å². The number of anilines is 1. The van der Waals surface area contributed by atoms with Gasteiger partial charge in [0.1, 0.15) is 18.1 Å². The van der Waals surface area contributed by atoms with Gasteiger partial charge in [-0.15, -0.1) is 0 Å². The van der Waals surface area contributed by atoms with E-state index in [1.54, 1.807) is 6.07 Å². The molecular formula is C10H12FN5. The van der Waals surface area contributed by atoms with E-state index in [4.69, 9.17) is 5.26 Å². The van der Waals surface area contributed by atoms with Gasteiger partial charge in [0.25, 0.3) is 0 Å². The quantitative estimate of drug-likeness (QED) is 0.759. The number of nitriles is 1. The number of nitrogens with zero attached hydrogens (tertiary/aromatic N) is 3. The van der Waals surface area contributed by atoms with Gasteiger partial charge in [-0.05, 0) is 19.0 Å². The summed E-state index contributed by atoms with van der Waals surface area (Å²) < 4.78 is 13.5. The molecule has 0 aromatic carbocycles. The third-order valence-corrected chi connectivity index (χ3v) is 2.50. The van der Waals surface area contributed by atoms with Crippen LogP contribution in [0.4, 0.5) is 10.2 Å². The fourth-order valence-corrected chi connectivity index (χ4v) is 1.67. The fraction of sp³-hybridized carbons (Fsp3) is 0.500. The number of alkyl halides is 1. The zero-order valence-electron chi connectivity index (χ0n) is 8.65. The number of aromatic nitrogens is 2. The lowest BCUT2D eigenvalue weighted by atomic mass is 10.1. The summed E-state index contributed by atoms with van der Waals surface area (Å²) in [5.74, 6) is 0.593. The first-order valence-corrected chi connectivity index (χ1v) is 5.14. The van der Waals surface area contributed by atoms with Gasteiger partial charge >= 0.3 is 0 Å². The van der Waals surface area contributed by atoms with Crippen molar-refractivity contribution in [3.8, 4) is 6.07 Å². The molecule has 0 radical (unpaired) electrons. The molecule has 1 fully saturated rings. The normalized spacial score (nSPS) is 24.8. The lowest BCUT2D eigenvalue weighted by Gasteiger charge is -2.27. The Balaban J connectivity index is 2.05. The summed E-state index contributed by atoms with van der Waals surface area (Å²) in [6.45, 7) is 1.14. The van der Waals surface area contributed by atoms with Crippen molar-refractivity contribution in [3.63, 3.8) is 0 Å². The molecule has 2 heterocycles. The second kappa shape index (κ2) is 4.86. The predicted octanol–water partition coefficient (Wildman–Crippen LogP) is 0.460. The summed E-state index contributed by atoms with van der Waals surface area (Å²) in [4.78, 5) is 7.70. The van der Waals surface area contributed by atoms with E-state index in [-0.39, 0.29) is 11.9 Å². The number of rotatable bonds is 2. The number of piperidine rings is 1. The standard InChI is InChI=1S/C10H12FN5/c11-7-6-13-3-1-8(7)15-9-2-4-14-10(5-12)16-9/h2,4,7-8,13H,1,3,6H2,(H,14,15,16)/t7-,8?/m0/s1. The summed E-state index contributed by atoms with van der Waals surface area (Å²) in [7, 11) is 0. The topological polar surface area (TPSA) is 73.6 Å². The average molecular weight is 221 g/mol. The van der Waals surface area contributed by atoms with E-state index < -0.39 is 6.17 Å². The predicted molar refractivity (Wildman–Crippen MR) is 56.5 cm³/mol. The van der Waals surface area contributed by atoms with Crippen molar-refractivity contribution in [2.75, 3.05) is 18.4 Å². The van der Waals surface area contributed by atoms with Crippen molar-refractivity contribution in [2.24, 2.45) is 0 Å². The summed E-state index contributed by atoms with van der Waals surface area (Å²) >= 11 is 0. The van der Waals surface area contributed by atoms with Gasteiger partial charge in [-0.2, -0.15) is 5.26 Å². The van der Waals surface area contributed by atoms with Crippen LogP contribution in [0.3, 0.4) is 0 Å². The molecule has 0 aliphatic carbocycles. The van der Waals surface area contributed by atoms with Gasteiger partial charge < -0.3 is 10.6 Å². The molecule has 2 rings (SSSR count). The maximum Gasteiger partial charge on any atom is 0.234 e. The first-order chi connectivity index (χ1) is 7.79. The van der Waals surface area contributed by atoms with Gasteiger partial charge in [0.2, 0.25) is 5.82 Å². The van der Waals surface area contributed by atoms with Crippen LogP contribution in [-0.2, 0) is 0 Å².